The second-order valence-corrected chi connectivity index (χ2v) is 8.41. The van der Waals surface area contributed by atoms with Crippen molar-refractivity contribution in [3.63, 3.8) is 0 Å². The lowest BCUT2D eigenvalue weighted by atomic mass is 9.98. The fourth-order valence-corrected chi connectivity index (χ4v) is 4.05. The van der Waals surface area contributed by atoms with E-state index in [-0.39, 0.29) is 30.9 Å². The lowest BCUT2D eigenvalue weighted by Gasteiger charge is -2.38. The molecule has 2 aromatic carbocycles. The van der Waals surface area contributed by atoms with Crippen LogP contribution in [0.25, 0.3) is 10.8 Å². The van der Waals surface area contributed by atoms with E-state index in [0.717, 1.165) is 10.8 Å². The highest BCUT2D eigenvalue weighted by Gasteiger charge is 2.45. The highest BCUT2D eigenvalue weighted by Crippen LogP contribution is 2.32. The van der Waals surface area contributed by atoms with E-state index in [1.807, 2.05) is 24.3 Å². The van der Waals surface area contributed by atoms with Crippen LogP contribution in [0, 0.1) is 0 Å². The molecule has 0 radical (unpaired) electrons. The Morgan fingerprint density at radius 3 is 2.25 bits per heavy atom. The molecule has 1 aliphatic rings. The summed E-state index contributed by atoms with van der Waals surface area (Å²) in [6.07, 6.45) is -2.60. The summed E-state index contributed by atoms with van der Waals surface area (Å²) in [4.78, 5) is 47.8. The first-order chi connectivity index (χ1) is 17.1. The van der Waals surface area contributed by atoms with E-state index in [4.69, 9.17) is 18.9 Å². The molecule has 1 aliphatic heterocycles. The molecule has 3 unspecified atom stereocenters. The van der Waals surface area contributed by atoms with Crippen molar-refractivity contribution in [1.29, 1.82) is 0 Å². The van der Waals surface area contributed by atoms with Crippen molar-refractivity contribution in [3.05, 3.63) is 59.5 Å². The summed E-state index contributed by atoms with van der Waals surface area (Å²) in [6.45, 7) is 5.05. The summed E-state index contributed by atoms with van der Waals surface area (Å²) in [6, 6.07) is 12.7. The van der Waals surface area contributed by atoms with Crippen molar-refractivity contribution in [2.24, 2.45) is 0 Å². The molecule has 0 bridgehead atoms. The highest BCUT2D eigenvalue weighted by molar-refractivity contribution is 5.98. The van der Waals surface area contributed by atoms with Gasteiger partial charge in [-0.25, -0.2) is 5.06 Å². The van der Waals surface area contributed by atoms with Crippen molar-refractivity contribution in [1.82, 2.24) is 5.06 Å². The molecule has 0 aliphatic carbocycles. The van der Waals surface area contributed by atoms with Gasteiger partial charge in [-0.1, -0.05) is 30.3 Å². The Hall–Kier alpha value is -3.92. The fraction of sp³-hybridized carbons (Fsp3) is 0.385. The van der Waals surface area contributed by atoms with Gasteiger partial charge in [0.05, 0.1) is 0 Å². The number of hydrogen-bond donors (Lipinski definition) is 1. The summed E-state index contributed by atoms with van der Waals surface area (Å²) in [5, 5.41) is 12.8. The van der Waals surface area contributed by atoms with Gasteiger partial charge in [-0.3, -0.25) is 24.4 Å². The van der Waals surface area contributed by atoms with Crippen LogP contribution in [-0.4, -0.2) is 58.9 Å². The molecular weight excluding hydrogens is 470 g/mol. The molecule has 2 aromatic rings. The minimum Gasteiger partial charge on any atom is -0.487 e. The van der Waals surface area contributed by atoms with Crippen LogP contribution in [0.4, 0.5) is 0 Å². The van der Waals surface area contributed by atoms with E-state index in [1.54, 1.807) is 18.2 Å². The quantitative estimate of drug-likeness (QED) is 0.251. The zero-order chi connectivity index (χ0) is 26.4. The monoisotopic (exact) mass is 499 g/mol. The number of hydrogen-bond acceptors (Lipinski definition) is 9. The first-order valence-electron chi connectivity index (χ1n) is 11.5. The molecule has 36 heavy (non-hydrogen) atoms. The van der Waals surface area contributed by atoms with Gasteiger partial charge in [0.25, 0.3) is 5.91 Å². The Morgan fingerprint density at radius 1 is 0.944 bits per heavy atom. The third-order valence-electron chi connectivity index (χ3n) is 5.54. The Balaban J connectivity index is 1.71. The van der Waals surface area contributed by atoms with E-state index in [2.05, 4.69) is 0 Å². The number of hydroxylamine groups is 2. The Bertz CT molecular complexity index is 1190. The minimum atomic E-state index is -1.20. The first-order valence-corrected chi connectivity index (χ1v) is 11.5. The summed E-state index contributed by atoms with van der Waals surface area (Å²) in [7, 11) is 0. The number of ether oxygens (including phenoxy) is 4. The van der Waals surface area contributed by atoms with E-state index in [1.165, 1.54) is 27.7 Å². The van der Waals surface area contributed by atoms with Crippen molar-refractivity contribution >= 4 is 34.6 Å². The van der Waals surface area contributed by atoms with Crippen LogP contribution in [0.2, 0.25) is 0 Å². The molecule has 1 heterocycles. The average Bonchev–Trinajstić information content (AvgIpc) is 2.82. The van der Waals surface area contributed by atoms with E-state index in [9.17, 15) is 24.4 Å². The number of benzene rings is 2. The number of carbonyl (C=O) groups is 4. The van der Waals surface area contributed by atoms with Gasteiger partial charge >= 0.3 is 17.9 Å². The number of nitrogens with zero attached hydrogens (tertiary/aromatic N) is 1. The highest BCUT2D eigenvalue weighted by atomic mass is 16.6. The standard InChI is InChI=1S/C26H29NO9/c1-15-23(34-16(2)28)25(36-18(4)30)24(35-17(3)29)22(33-15)10-7-13-27(32)26(31)21-12-11-19-8-5-6-9-20(19)14-21/h5-6,8-9,11-12,14,22,24-25,32H,7,10,13H2,1-4H3. The van der Waals surface area contributed by atoms with Crippen LogP contribution >= 0.6 is 0 Å². The van der Waals surface area contributed by atoms with Crippen LogP contribution in [-0.2, 0) is 33.3 Å². The van der Waals surface area contributed by atoms with E-state index >= 15 is 0 Å². The molecule has 192 valence electrons. The number of carbonyl (C=O) groups excluding carboxylic acids is 4. The Kier molecular flexibility index (Phi) is 8.65. The lowest BCUT2D eigenvalue weighted by molar-refractivity contribution is -0.184. The van der Waals surface area contributed by atoms with Gasteiger partial charge in [0.2, 0.25) is 6.10 Å². The van der Waals surface area contributed by atoms with Gasteiger partial charge in [-0.2, -0.15) is 0 Å². The van der Waals surface area contributed by atoms with Gasteiger partial charge in [0.15, 0.2) is 11.9 Å². The van der Waals surface area contributed by atoms with Crippen molar-refractivity contribution in [3.8, 4) is 0 Å². The van der Waals surface area contributed by atoms with Gasteiger partial charge < -0.3 is 18.9 Å². The molecule has 0 fully saturated rings. The number of esters is 3. The second kappa shape index (κ2) is 11.7. The zero-order valence-electron chi connectivity index (χ0n) is 20.6. The number of rotatable bonds is 8. The van der Waals surface area contributed by atoms with E-state index in [0.29, 0.717) is 10.6 Å². The van der Waals surface area contributed by atoms with Gasteiger partial charge in [-0.05, 0) is 42.7 Å². The maximum Gasteiger partial charge on any atom is 0.307 e. The normalized spacial score (nSPS) is 19.3. The third kappa shape index (κ3) is 6.60. The van der Waals surface area contributed by atoms with Crippen LogP contribution < -0.4 is 0 Å². The summed E-state index contributed by atoms with van der Waals surface area (Å²) in [5.41, 5.74) is 0.336. The van der Waals surface area contributed by atoms with Crippen LogP contribution in [0.5, 0.6) is 0 Å². The molecule has 10 nitrogen and oxygen atoms in total. The number of allylic oxidation sites excluding steroid dienone is 1. The van der Waals surface area contributed by atoms with Gasteiger partial charge in [0.1, 0.15) is 11.9 Å². The van der Waals surface area contributed by atoms with Crippen molar-refractivity contribution < 1.29 is 43.3 Å². The Morgan fingerprint density at radius 2 is 1.61 bits per heavy atom. The average molecular weight is 500 g/mol. The molecule has 3 atom stereocenters. The molecular formula is C26H29NO9. The summed E-state index contributed by atoms with van der Waals surface area (Å²) < 4.78 is 21.7. The molecule has 0 aromatic heterocycles. The SMILES string of the molecule is CC(=O)OC1=C(C)OC(CCCN(O)C(=O)c2ccc3ccccc3c2)C(OC(C)=O)C1OC(C)=O. The van der Waals surface area contributed by atoms with Gasteiger partial charge in [-0.15, -0.1) is 0 Å². The second-order valence-electron chi connectivity index (χ2n) is 8.41. The lowest BCUT2D eigenvalue weighted by Crippen LogP contribution is -2.49. The maximum absolute atomic E-state index is 12.7. The number of amides is 1. The van der Waals surface area contributed by atoms with Crippen LogP contribution in [0.1, 0.15) is 50.9 Å². The van der Waals surface area contributed by atoms with E-state index < -0.39 is 42.1 Å². The largest absolute Gasteiger partial charge is 0.487 e. The zero-order valence-corrected chi connectivity index (χ0v) is 20.6. The molecule has 0 spiro atoms. The predicted octanol–water partition coefficient (Wildman–Crippen LogP) is 3.51. The molecule has 3 rings (SSSR count). The molecule has 10 heteroatoms. The molecule has 0 saturated heterocycles. The predicted molar refractivity (Wildman–Crippen MR) is 126 cm³/mol. The Labute approximate surface area is 208 Å². The smallest absolute Gasteiger partial charge is 0.307 e. The summed E-state index contributed by atoms with van der Waals surface area (Å²) >= 11 is 0. The molecule has 1 N–H and O–H groups in total. The van der Waals surface area contributed by atoms with Crippen molar-refractivity contribution in [2.45, 2.75) is 58.8 Å². The maximum atomic E-state index is 12.7. The van der Waals surface area contributed by atoms with Gasteiger partial charge in [0, 0.05) is 32.9 Å². The van der Waals surface area contributed by atoms with Crippen molar-refractivity contribution in [2.75, 3.05) is 6.54 Å². The summed E-state index contributed by atoms with van der Waals surface area (Å²) in [5.74, 6) is -2.41. The first kappa shape index (κ1) is 26.7. The fourth-order valence-electron chi connectivity index (χ4n) is 4.05. The molecule has 1 amide bonds. The number of fused-ring (bicyclic) bond motifs is 1. The molecule has 0 saturated carbocycles. The van der Waals surface area contributed by atoms with Crippen LogP contribution in [0.3, 0.4) is 0 Å². The third-order valence-corrected chi connectivity index (χ3v) is 5.54. The minimum absolute atomic E-state index is 0.0316. The van der Waals surface area contributed by atoms with Crippen LogP contribution in [0.15, 0.2) is 54.0 Å². The topological polar surface area (TPSA) is 129 Å².